The highest BCUT2D eigenvalue weighted by Gasteiger charge is 2.05. The molecule has 0 spiro atoms. The standard InChI is InChI=1S/C13H17ClN2O3S/c1-19-13(18)8-20-6-2-3-12(17)16-9-4-5-10(14)11(15)7-9/h4-5,7H,2-3,6,8,15H2,1H3,(H,16,17). The summed E-state index contributed by atoms with van der Waals surface area (Å²) in [5.41, 5.74) is 6.70. The third-order valence-corrected chi connectivity index (χ3v) is 3.78. The molecule has 0 unspecified atom stereocenters. The first-order valence-electron chi connectivity index (χ1n) is 6.02. The molecule has 3 N–H and O–H groups in total. The van der Waals surface area contributed by atoms with Crippen molar-refractivity contribution in [3.05, 3.63) is 23.2 Å². The molecule has 20 heavy (non-hydrogen) atoms. The molecule has 1 rings (SSSR count). The van der Waals surface area contributed by atoms with Gasteiger partial charge < -0.3 is 15.8 Å². The number of nitrogen functional groups attached to an aromatic ring is 1. The van der Waals surface area contributed by atoms with Crippen LogP contribution in [0.3, 0.4) is 0 Å². The Morgan fingerprint density at radius 1 is 1.45 bits per heavy atom. The third-order valence-electron chi connectivity index (χ3n) is 2.42. The number of nitrogens with one attached hydrogen (secondary N) is 1. The van der Waals surface area contributed by atoms with Gasteiger partial charge in [0.05, 0.1) is 23.6 Å². The largest absolute Gasteiger partial charge is 0.468 e. The predicted octanol–water partition coefficient (Wildman–Crippen LogP) is 2.55. The molecule has 1 aromatic carbocycles. The lowest BCUT2D eigenvalue weighted by Gasteiger charge is -2.06. The quantitative estimate of drug-likeness (QED) is 0.459. The Kier molecular flexibility index (Phi) is 7.25. The normalized spacial score (nSPS) is 10.1. The van der Waals surface area contributed by atoms with Crippen LogP contribution in [-0.4, -0.2) is 30.5 Å². The molecule has 0 fully saturated rings. The van der Waals surface area contributed by atoms with Gasteiger partial charge in [0.1, 0.15) is 0 Å². The highest BCUT2D eigenvalue weighted by Crippen LogP contribution is 2.22. The Labute approximate surface area is 127 Å². The number of thioether (sulfide) groups is 1. The number of amides is 1. The van der Waals surface area contributed by atoms with E-state index in [1.165, 1.54) is 18.9 Å². The first-order valence-corrected chi connectivity index (χ1v) is 7.55. The zero-order valence-electron chi connectivity index (χ0n) is 11.1. The van der Waals surface area contributed by atoms with Crippen LogP contribution in [0.4, 0.5) is 11.4 Å². The van der Waals surface area contributed by atoms with Crippen LogP contribution in [0.5, 0.6) is 0 Å². The van der Waals surface area contributed by atoms with Gasteiger partial charge in [0.15, 0.2) is 0 Å². The number of esters is 1. The number of halogens is 1. The van der Waals surface area contributed by atoms with Crippen molar-refractivity contribution in [3.63, 3.8) is 0 Å². The molecule has 5 nitrogen and oxygen atoms in total. The Morgan fingerprint density at radius 2 is 2.20 bits per heavy atom. The van der Waals surface area contributed by atoms with Crippen LogP contribution in [0.1, 0.15) is 12.8 Å². The van der Waals surface area contributed by atoms with E-state index in [0.29, 0.717) is 35.0 Å². The lowest BCUT2D eigenvalue weighted by molar-refractivity contribution is -0.137. The van der Waals surface area contributed by atoms with E-state index in [0.717, 1.165) is 5.75 Å². The van der Waals surface area contributed by atoms with Gasteiger partial charge in [-0.15, -0.1) is 0 Å². The fourth-order valence-electron chi connectivity index (χ4n) is 1.39. The molecule has 0 heterocycles. The molecule has 1 aromatic rings. The molecule has 0 aromatic heterocycles. The number of carbonyl (C=O) groups excluding carboxylic acids is 2. The van der Waals surface area contributed by atoms with Crippen molar-refractivity contribution in [1.82, 2.24) is 0 Å². The van der Waals surface area contributed by atoms with E-state index in [1.54, 1.807) is 18.2 Å². The molecule has 0 bridgehead atoms. The first kappa shape index (κ1) is 16.7. The van der Waals surface area contributed by atoms with E-state index in [-0.39, 0.29) is 11.9 Å². The van der Waals surface area contributed by atoms with Crippen molar-refractivity contribution in [3.8, 4) is 0 Å². The SMILES string of the molecule is COC(=O)CSCCCC(=O)Nc1ccc(Cl)c(N)c1. The molecule has 0 aliphatic rings. The monoisotopic (exact) mass is 316 g/mol. The second-order valence-electron chi connectivity index (χ2n) is 4.02. The van der Waals surface area contributed by atoms with Crippen LogP contribution in [0.25, 0.3) is 0 Å². The molecule has 0 aliphatic heterocycles. The van der Waals surface area contributed by atoms with Crippen molar-refractivity contribution in [2.75, 3.05) is 29.7 Å². The smallest absolute Gasteiger partial charge is 0.315 e. The summed E-state index contributed by atoms with van der Waals surface area (Å²) in [5.74, 6) is 0.693. The molecule has 0 atom stereocenters. The van der Waals surface area contributed by atoms with E-state index in [2.05, 4.69) is 10.1 Å². The minimum absolute atomic E-state index is 0.0922. The van der Waals surface area contributed by atoms with Crippen molar-refractivity contribution >= 4 is 46.6 Å². The Bertz CT molecular complexity index is 483. The van der Waals surface area contributed by atoms with Gasteiger partial charge in [0.2, 0.25) is 5.91 Å². The predicted molar refractivity (Wildman–Crippen MR) is 83.1 cm³/mol. The fraction of sp³-hybridized carbons (Fsp3) is 0.385. The summed E-state index contributed by atoms with van der Waals surface area (Å²) >= 11 is 7.24. The number of anilines is 2. The van der Waals surface area contributed by atoms with Gasteiger partial charge in [-0.3, -0.25) is 9.59 Å². The van der Waals surface area contributed by atoms with Crippen LogP contribution < -0.4 is 11.1 Å². The number of methoxy groups -OCH3 is 1. The first-order chi connectivity index (χ1) is 9.52. The lowest BCUT2D eigenvalue weighted by atomic mass is 10.2. The molecular weight excluding hydrogens is 300 g/mol. The van der Waals surface area contributed by atoms with Crippen LogP contribution in [0.15, 0.2) is 18.2 Å². The Morgan fingerprint density at radius 3 is 2.85 bits per heavy atom. The number of rotatable bonds is 7. The van der Waals surface area contributed by atoms with Gasteiger partial charge in [-0.2, -0.15) is 11.8 Å². The average molecular weight is 317 g/mol. The van der Waals surface area contributed by atoms with E-state index in [1.807, 2.05) is 0 Å². The summed E-state index contributed by atoms with van der Waals surface area (Å²) in [5, 5.41) is 3.20. The van der Waals surface area contributed by atoms with E-state index in [9.17, 15) is 9.59 Å². The van der Waals surface area contributed by atoms with Crippen LogP contribution in [0, 0.1) is 0 Å². The fourth-order valence-corrected chi connectivity index (χ4v) is 2.29. The van der Waals surface area contributed by atoms with E-state index >= 15 is 0 Å². The van der Waals surface area contributed by atoms with E-state index < -0.39 is 0 Å². The second kappa shape index (κ2) is 8.71. The summed E-state index contributed by atoms with van der Waals surface area (Å²) in [6.07, 6.45) is 1.08. The zero-order valence-corrected chi connectivity index (χ0v) is 12.7. The highest BCUT2D eigenvalue weighted by molar-refractivity contribution is 7.99. The topological polar surface area (TPSA) is 81.4 Å². The summed E-state index contributed by atoms with van der Waals surface area (Å²) in [6.45, 7) is 0. The minimum Gasteiger partial charge on any atom is -0.468 e. The number of carbonyl (C=O) groups is 2. The van der Waals surface area contributed by atoms with Crippen LogP contribution in [-0.2, 0) is 14.3 Å². The van der Waals surface area contributed by atoms with Crippen LogP contribution in [0.2, 0.25) is 5.02 Å². The molecule has 110 valence electrons. The van der Waals surface area contributed by atoms with Crippen molar-refractivity contribution in [2.24, 2.45) is 0 Å². The zero-order chi connectivity index (χ0) is 15.0. The minimum atomic E-state index is -0.254. The summed E-state index contributed by atoms with van der Waals surface area (Å²) < 4.78 is 4.52. The summed E-state index contributed by atoms with van der Waals surface area (Å²) in [6, 6.07) is 4.95. The number of hydrogen-bond acceptors (Lipinski definition) is 5. The van der Waals surface area contributed by atoms with E-state index in [4.69, 9.17) is 17.3 Å². The van der Waals surface area contributed by atoms with Gasteiger partial charge in [0, 0.05) is 12.1 Å². The van der Waals surface area contributed by atoms with Gasteiger partial charge in [0.25, 0.3) is 0 Å². The van der Waals surface area contributed by atoms with Gasteiger partial charge in [-0.25, -0.2) is 0 Å². The summed E-state index contributed by atoms with van der Waals surface area (Å²) in [7, 11) is 1.36. The number of hydrogen-bond donors (Lipinski definition) is 2. The number of nitrogens with two attached hydrogens (primary N) is 1. The van der Waals surface area contributed by atoms with Crippen LogP contribution >= 0.6 is 23.4 Å². The average Bonchev–Trinajstić information content (AvgIpc) is 2.42. The summed E-state index contributed by atoms with van der Waals surface area (Å²) in [4.78, 5) is 22.5. The molecule has 0 saturated heterocycles. The van der Waals surface area contributed by atoms with Gasteiger partial charge >= 0.3 is 5.97 Å². The number of ether oxygens (including phenoxy) is 1. The molecule has 0 aliphatic carbocycles. The molecular formula is C13H17ClN2O3S. The maximum absolute atomic E-state index is 11.7. The van der Waals surface area contributed by atoms with Gasteiger partial charge in [-0.05, 0) is 30.4 Å². The maximum atomic E-state index is 11.7. The van der Waals surface area contributed by atoms with Crippen molar-refractivity contribution in [2.45, 2.75) is 12.8 Å². The number of benzene rings is 1. The van der Waals surface area contributed by atoms with Gasteiger partial charge in [-0.1, -0.05) is 11.6 Å². The lowest BCUT2D eigenvalue weighted by Crippen LogP contribution is -2.12. The van der Waals surface area contributed by atoms with Crippen molar-refractivity contribution in [1.29, 1.82) is 0 Å². The maximum Gasteiger partial charge on any atom is 0.315 e. The van der Waals surface area contributed by atoms with Crippen molar-refractivity contribution < 1.29 is 14.3 Å². The Balaban J connectivity index is 2.23. The second-order valence-corrected chi connectivity index (χ2v) is 5.53. The third kappa shape index (κ3) is 6.16. The Hall–Kier alpha value is -1.40. The molecule has 0 radical (unpaired) electrons. The molecule has 0 saturated carbocycles. The molecule has 1 amide bonds. The highest BCUT2D eigenvalue weighted by atomic mass is 35.5. The molecule has 7 heteroatoms.